The van der Waals surface area contributed by atoms with Gasteiger partial charge in [0.1, 0.15) is 0 Å². The second kappa shape index (κ2) is 4.74. The van der Waals surface area contributed by atoms with E-state index < -0.39 is 0 Å². The van der Waals surface area contributed by atoms with Crippen LogP contribution in [0.1, 0.15) is 22.7 Å². The van der Waals surface area contributed by atoms with Crippen LogP contribution in [0.4, 0.5) is 5.69 Å². The number of fused-ring (bicyclic) bond motifs is 1. The number of nitrogens with zero attached hydrogens (tertiary/aromatic N) is 1. The van der Waals surface area contributed by atoms with E-state index in [0.717, 1.165) is 26.2 Å². The summed E-state index contributed by atoms with van der Waals surface area (Å²) in [7, 11) is 1.81. The van der Waals surface area contributed by atoms with Gasteiger partial charge in [-0.1, -0.05) is 12.1 Å². The third-order valence-corrected chi connectivity index (χ3v) is 5.01. The first-order valence-electron chi connectivity index (χ1n) is 5.95. The van der Waals surface area contributed by atoms with E-state index in [1.54, 1.807) is 16.2 Å². The lowest BCUT2D eigenvalue weighted by Crippen LogP contribution is -2.20. The molecule has 1 aromatic carbocycles. The van der Waals surface area contributed by atoms with E-state index in [0.29, 0.717) is 6.42 Å². The molecular weight excluding hydrogens is 324 g/mol. The number of nitrogens with two attached hydrogens (primary N) is 1. The minimum absolute atomic E-state index is 0.138. The quantitative estimate of drug-likeness (QED) is 0.915. The predicted molar refractivity (Wildman–Crippen MR) is 81.6 cm³/mol. The summed E-state index contributed by atoms with van der Waals surface area (Å²) in [6.45, 7) is 0. The van der Waals surface area contributed by atoms with E-state index in [4.69, 9.17) is 5.73 Å². The number of thiophene rings is 1. The molecule has 0 spiro atoms. The molecule has 3 nitrogen and oxygen atoms in total. The number of carbonyl (C=O) groups excluding carboxylic acids is 1. The second-order valence-electron chi connectivity index (χ2n) is 4.68. The number of carbonyl (C=O) groups is 1. The molecule has 98 valence electrons. The molecule has 1 unspecified atom stereocenters. The van der Waals surface area contributed by atoms with Crippen molar-refractivity contribution in [3.63, 3.8) is 0 Å². The standard InChI is InChI=1S/C14H13BrN2OS/c1-17-11-3-2-8(4-9(11)6-13(17)18)14(16)10-5-12(15)19-7-10/h2-5,7,14H,6,16H2,1H3. The molecule has 0 bridgehead atoms. The van der Waals surface area contributed by atoms with Gasteiger partial charge in [-0.3, -0.25) is 4.79 Å². The van der Waals surface area contributed by atoms with Crippen LogP contribution in [0, 0.1) is 0 Å². The summed E-state index contributed by atoms with van der Waals surface area (Å²) in [4.78, 5) is 13.4. The van der Waals surface area contributed by atoms with Crippen molar-refractivity contribution < 1.29 is 4.79 Å². The lowest BCUT2D eigenvalue weighted by atomic mass is 9.99. The number of rotatable bonds is 2. The van der Waals surface area contributed by atoms with Crippen LogP contribution in [-0.2, 0) is 11.2 Å². The van der Waals surface area contributed by atoms with Crippen LogP contribution < -0.4 is 10.6 Å². The molecule has 3 rings (SSSR count). The molecule has 1 aliphatic heterocycles. The van der Waals surface area contributed by atoms with Crippen LogP contribution in [-0.4, -0.2) is 13.0 Å². The minimum atomic E-state index is -0.145. The zero-order valence-electron chi connectivity index (χ0n) is 10.4. The molecule has 5 heteroatoms. The first-order chi connectivity index (χ1) is 9.06. The van der Waals surface area contributed by atoms with Crippen molar-refractivity contribution in [2.75, 3.05) is 11.9 Å². The summed E-state index contributed by atoms with van der Waals surface area (Å²) >= 11 is 5.08. The van der Waals surface area contributed by atoms with Gasteiger partial charge in [-0.2, -0.15) is 0 Å². The van der Waals surface area contributed by atoms with E-state index >= 15 is 0 Å². The van der Waals surface area contributed by atoms with Gasteiger partial charge in [-0.05, 0) is 50.1 Å². The highest BCUT2D eigenvalue weighted by Crippen LogP contribution is 2.33. The van der Waals surface area contributed by atoms with Crippen molar-refractivity contribution in [2.45, 2.75) is 12.5 Å². The summed E-state index contributed by atoms with van der Waals surface area (Å²) in [6, 6.07) is 7.93. The molecule has 19 heavy (non-hydrogen) atoms. The van der Waals surface area contributed by atoms with Gasteiger partial charge in [0.25, 0.3) is 0 Å². The Hall–Kier alpha value is -1.17. The van der Waals surface area contributed by atoms with E-state index in [-0.39, 0.29) is 11.9 Å². The van der Waals surface area contributed by atoms with Crippen molar-refractivity contribution in [1.82, 2.24) is 0 Å². The highest BCUT2D eigenvalue weighted by Gasteiger charge is 2.24. The predicted octanol–water partition coefficient (Wildman–Crippen LogP) is 3.08. The number of hydrogen-bond donors (Lipinski definition) is 1. The first-order valence-corrected chi connectivity index (χ1v) is 7.62. The van der Waals surface area contributed by atoms with Crippen molar-refractivity contribution in [3.8, 4) is 0 Å². The Morgan fingerprint density at radius 1 is 1.37 bits per heavy atom. The Morgan fingerprint density at radius 2 is 2.16 bits per heavy atom. The zero-order chi connectivity index (χ0) is 13.6. The van der Waals surface area contributed by atoms with Gasteiger partial charge in [0.15, 0.2) is 0 Å². The number of hydrogen-bond acceptors (Lipinski definition) is 3. The smallest absolute Gasteiger partial charge is 0.231 e. The molecule has 2 N–H and O–H groups in total. The fourth-order valence-electron chi connectivity index (χ4n) is 2.36. The molecule has 0 aliphatic carbocycles. The van der Waals surface area contributed by atoms with Crippen molar-refractivity contribution in [2.24, 2.45) is 5.73 Å². The van der Waals surface area contributed by atoms with E-state index in [1.165, 1.54) is 0 Å². The highest BCUT2D eigenvalue weighted by molar-refractivity contribution is 9.11. The van der Waals surface area contributed by atoms with Crippen molar-refractivity contribution in [1.29, 1.82) is 0 Å². The second-order valence-corrected chi connectivity index (χ2v) is 6.97. The maximum Gasteiger partial charge on any atom is 0.231 e. The Labute approximate surface area is 124 Å². The molecule has 2 heterocycles. The number of anilines is 1. The van der Waals surface area contributed by atoms with E-state index in [9.17, 15) is 4.79 Å². The summed E-state index contributed by atoms with van der Waals surface area (Å²) in [5.74, 6) is 0.138. The maximum atomic E-state index is 11.7. The summed E-state index contributed by atoms with van der Waals surface area (Å²) in [5.41, 5.74) is 10.5. The van der Waals surface area contributed by atoms with Gasteiger partial charge in [-0.25, -0.2) is 0 Å². The van der Waals surface area contributed by atoms with Crippen LogP contribution in [0.15, 0.2) is 33.4 Å². The van der Waals surface area contributed by atoms with Gasteiger partial charge in [0.05, 0.1) is 16.2 Å². The number of amides is 1. The van der Waals surface area contributed by atoms with Crippen LogP contribution in [0.25, 0.3) is 0 Å². The normalized spacial score (nSPS) is 15.7. The fourth-order valence-corrected chi connectivity index (χ4v) is 3.57. The minimum Gasteiger partial charge on any atom is -0.320 e. The van der Waals surface area contributed by atoms with Crippen LogP contribution in [0.5, 0.6) is 0 Å². The Bertz CT molecular complexity index is 653. The lowest BCUT2D eigenvalue weighted by molar-refractivity contribution is -0.117. The van der Waals surface area contributed by atoms with Crippen molar-refractivity contribution in [3.05, 3.63) is 50.1 Å². The van der Waals surface area contributed by atoms with Gasteiger partial charge in [-0.15, -0.1) is 11.3 Å². The topological polar surface area (TPSA) is 46.3 Å². The monoisotopic (exact) mass is 336 g/mol. The Balaban J connectivity index is 1.95. The van der Waals surface area contributed by atoms with Crippen LogP contribution in [0.3, 0.4) is 0 Å². The molecule has 1 atom stereocenters. The molecule has 0 saturated heterocycles. The van der Waals surface area contributed by atoms with Gasteiger partial charge in [0.2, 0.25) is 5.91 Å². The van der Waals surface area contributed by atoms with Crippen molar-refractivity contribution >= 4 is 38.9 Å². The molecule has 2 aromatic rings. The fraction of sp³-hybridized carbons (Fsp3) is 0.214. The summed E-state index contributed by atoms with van der Waals surface area (Å²) in [5, 5.41) is 2.05. The first kappa shape index (κ1) is 12.8. The largest absolute Gasteiger partial charge is 0.320 e. The summed E-state index contributed by atoms with van der Waals surface area (Å²) < 4.78 is 1.08. The summed E-state index contributed by atoms with van der Waals surface area (Å²) in [6.07, 6.45) is 0.472. The average molecular weight is 337 g/mol. The Morgan fingerprint density at radius 3 is 2.84 bits per heavy atom. The molecule has 1 amide bonds. The third-order valence-electron chi connectivity index (χ3n) is 3.49. The Kier molecular flexibility index (Phi) is 3.20. The number of halogens is 1. The van der Waals surface area contributed by atoms with Crippen LogP contribution >= 0.6 is 27.3 Å². The molecule has 0 radical (unpaired) electrons. The van der Waals surface area contributed by atoms with Gasteiger partial charge >= 0.3 is 0 Å². The third kappa shape index (κ3) is 2.22. The molecule has 0 saturated carbocycles. The van der Waals surface area contributed by atoms with E-state index in [1.807, 2.05) is 31.3 Å². The number of likely N-dealkylation sites (N-methyl/N-ethyl adjacent to an activating group) is 1. The zero-order valence-corrected chi connectivity index (χ0v) is 12.8. The molecule has 0 fully saturated rings. The molecule has 1 aromatic heterocycles. The lowest BCUT2D eigenvalue weighted by Gasteiger charge is -2.14. The SMILES string of the molecule is CN1C(=O)Cc2cc(C(N)c3csc(Br)c3)ccc21. The van der Waals surface area contributed by atoms with Gasteiger partial charge < -0.3 is 10.6 Å². The van der Waals surface area contributed by atoms with E-state index in [2.05, 4.69) is 21.3 Å². The molecule has 1 aliphatic rings. The maximum absolute atomic E-state index is 11.7. The number of benzene rings is 1. The average Bonchev–Trinajstić information content (AvgIpc) is 2.94. The molecular formula is C14H13BrN2OS. The van der Waals surface area contributed by atoms with Gasteiger partial charge in [0, 0.05) is 12.7 Å². The van der Waals surface area contributed by atoms with Crippen LogP contribution in [0.2, 0.25) is 0 Å². The highest BCUT2D eigenvalue weighted by atomic mass is 79.9.